The lowest BCUT2D eigenvalue weighted by molar-refractivity contribution is -0.890. The highest BCUT2D eigenvalue weighted by Crippen LogP contribution is 2.16. The number of rotatable bonds is 4. The van der Waals surface area contributed by atoms with E-state index in [2.05, 4.69) is 31.3 Å². The molecule has 1 aliphatic heterocycles. The van der Waals surface area contributed by atoms with Gasteiger partial charge in [0, 0.05) is 5.69 Å². The molecule has 2 N–H and O–H groups in total. The second kappa shape index (κ2) is 7.44. The van der Waals surface area contributed by atoms with Crippen molar-refractivity contribution in [2.24, 2.45) is 0 Å². The lowest BCUT2D eigenvalue weighted by Crippen LogP contribution is -3.12. The molecular formula is C17H27N2O+. The molecule has 110 valence electrons. The topological polar surface area (TPSA) is 33.5 Å². The number of hydrogen-bond donors (Lipinski definition) is 2. The van der Waals surface area contributed by atoms with Crippen molar-refractivity contribution in [1.82, 2.24) is 0 Å². The van der Waals surface area contributed by atoms with Gasteiger partial charge < -0.3 is 10.2 Å². The van der Waals surface area contributed by atoms with Crippen molar-refractivity contribution in [2.75, 3.05) is 25.0 Å². The fourth-order valence-corrected chi connectivity index (χ4v) is 2.79. The highest BCUT2D eigenvalue weighted by molar-refractivity contribution is 5.91. The predicted octanol–water partition coefficient (Wildman–Crippen LogP) is 2.21. The van der Waals surface area contributed by atoms with Crippen LogP contribution in [0.15, 0.2) is 24.3 Å². The maximum atomic E-state index is 12.1. The van der Waals surface area contributed by atoms with Gasteiger partial charge in [-0.1, -0.05) is 26.0 Å². The number of amides is 1. The number of carbonyl (C=O) groups is 1. The van der Waals surface area contributed by atoms with Crippen LogP contribution in [0.25, 0.3) is 0 Å². The molecule has 0 bridgehead atoms. The number of carbonyl (C=O) groups excluding carboxylic acids is 1. The number of nitrogens with one attached hydrogen (secondary N) is 2. The van der Waals surface area contributed by atoms with Crippen molar-refractivity contribution < 1.29 is 9.69 Å². The van der Waals surface area contributed by atoms with Gasteiger partial charge >= 0.3 is 0 Å². The van der Waals surface area contributed by atoms with E-state index in [0.717, 1.165) is 18.8 Å². The molecule has 0 atom stereocenters. The summed E-state index contributed by atoms with van der Waals surface area (Å²) in [5.74, 6) is 0.667. The molecule has 0 radical (unpaired) electrons. The van der Waals surface area contributed by atoms with Gasteiger partial charge in [0.1, 0.15) is 0 Å². The molecule has 0 unspecified atom stereocenters. The summed E-state index contributed by atoms with van der Waals surface area (Å²) in [4.78, 5) is 13.5. The molecule has 0 saturated carbocycles. The number of hydrogen-bond acceptors (Lipinski definition) is 1. The normalized spacial score (nSPS) is 16.9. The van der Waals surface area contributed by atoms with Gasteiger partial charge in [0.15, 0.2) is 6.54 Å². The van der Waals surface area contributed by atoms with Crippen molar-refractivity contribution in [3.05, 3.63) is 29.8 Å². The first kappa shape index (κ1) is 15.0. The molecular weight excluding hydrogens is 248 g/mol. The lowest BCUT2D eigenvalue weighted by Gasteiger charge is -2.16. The van der Waals surface area contributed by atoms with Crippen LogP contribution in [-0.4, -0.2) is 25.5 Å². The Hall–Kier alpha value is -1.35. The maximum Gasteiger partial charge on any atom is 0.279 e. The zero-order valence-corrected chi connectivity index (χ0v) is 12.7. The number of quaternary nitrogens is 1. The minimum Gasteiger partial charge on any atom is -0.327 e. The van der Waals surface area contributed by atoms with Crippen LogP contribution in [-0.2, 0) is 4.79 Å². The largest absolute Gasteiger partial charge is 0.327 e. The molecule has 1 aromatic rings. The monoisotopic (exact) mass is 275 g/mol. The summed E-state index contributed by atoms with van der Waals surface area (Å²) in [6, 6.07) is 8.20. The highest BCUT2D eigenvalue weighted by Gasteiger charge is 2.16. The molecule has 1 heterocycles. The predicted molar refractivity (Wildman–Crippen MR) is 83.2 cm³/mol. The third-order valence-corrected chi connectivity index (χ3v) is 4.08. The first-order valence-electron chi connectivity index (χ1n) is 7.88. The van der Waals surface area contributed by atoms with E-state index in [4.69, 9.17) is 0 Å². The smallest absolute Gasteiger partial charge is 0.279 e. The average molecular weight is 275 g/mol. The summed E-state index contributed by atoms with van der Waals surface area (Å²) in [6.07, 6.45) is 5.15. The SMILES string of the molecule is CC(C)c1ccc(NC(=O)C[NH+]2CCCCCC2)cc1. The fraction of sp³-hybridized carbons (Fsp3) is 0.588. The zero-order valence-electron chi connectivity index (χ0n) is 12.7. The molecule has 20 heavy (non-hydrogen) atoms. The van der Waals surface area contributed by atoms with Crippen molar-refractivity contribution in [3.8, 4) is 0 Å². The summed E-state index contributed by atoms with van der Waals surface area (Å²) in [5, 5.41) is 3.02. The van der Waals surface area contributed by atoms with E-state index in [1.54, 1.807) is 0 Å². The summed E-state index contributed by atoms with van der Waals surface area (Å²) in [7, 11) is 0. The summed E-state index contributed by atoms with van der Waals surface area (Å²) in [5.41, 5.74) is 2.22. The van der Waals surface area contributed by atoms with Gasteiger partial charge in [-0.2, -0.15) is 0 Å². The molecule has 0 aromatic heterocycles. The van der Waals surface area contributed by atoms with Gasteiger partial charge in [0.2, 0.25) is 0 Å². The lowest BCUT2D eigenvalue weighted by atomic mass is 10.0. The Morgan fingerprint density at radius 1 is 1.10 bits per heavy atom. The van der Waals surface area contributed by atoms with E-state index in [9.17, 15) is 4.79 Å². The van der Waals surface area contributed by atoms with Crippen LogP contribution in [0.1, 0.15) is 51.0 Å². The van der Waals surface area contributed by atoms with Crippen LogP contribution < -0.4 is 10.2 Å². The zero-order chi connectivity index (χ0) is 14.4. The molecule has 3 nitrogen and oxygen atoms in total. The quantitative estimate of drug-likeness (QED) is 0.868. The van der Waals surface area contributed by atoms with E-state index in [-0.39, 0.29) is 5.91 Å². The van der Waals surface area contributed by atoms with Crippen LogP contribution in [0, 0.1) is 0 Å². The molecule has 1 aliphatic rings. The Morgan fingerprint density at radius 2 is 1.70 bits per heavy atom. The van der Waals surface area contributed by atoms with Crippen LogP contribution in [0.4, 0.5) is 5.69 Å². The molecule has 0 spiro atoms. The molecule has 2 rings (SSSR count). The van der Waals surface area contributed by atoms with E-state index in [1.807, 2.05) is 12.1 Å². The van der Waals surface area contributed by atoms with Gasteiger partial charge in [0.25, 0.3) is 5.91 Å². The van der Waals surface area contributed by atoms with Crippen LogP contribution in [0.3, 0.4) is 0 Å². The molecule has 1 aromatic carbocycles. The molecule has 0 aliphatic carbocycles. The maximum absolute atomic E-state index is 12.1. The Bertz CT molecular complexity index is 417. The first-order valence-corrected chi connectivity index (χ1v) is 7.88. The minimum absolute atomic E-state index is 0.138. The van der Waals surface area contributed by atoms with Crippen molar-refractivity contribution >= 4 is 11.6 Å². The summed E-state index contributed by atoms with van der Waals surface area (Å²) >= 11 is 0. The first-order chi connectivity index (χ1) is 9.65. The van der Waals surface area contributed by atoms with E-state index in [0.29, 0.717) is 12.5 Å². The third kappa shape index (κ3) is 4.64. The Kier molecular flexibility index (Phi) is 5.60. The van der Waals surface area contributed by atoms with E-state index < -0.39 is 0 Å². The van der Waals surface area contributed by atoms with Gasteiger partial charge in [0.05, 0.1) is 13.1 Å². The second-order valence-corrected chi connectivity index (χ2v) is 6.17. The Labute approximate surface area is 122 Å². The molecule has 3 heteroatoms. The van der Waals surface area contributed by atoms with Gasteiger partial charge in [-0.15, -0.1) is 0 Å². The van der Waals surface area contributed by atoms with Crippen LogP contribution >= 0.6 is 0 Å². The average Bonchev–Trinajstić information content (AvgIpc) is 2.68. The third-order valence-electron chi connectivity index (χ3n) is 4.08. The van der Waals surface area contributed by atoms with Gasteiger partial charge in [-0.3, -0.25) is 4.79 Å². The van der Waals surface area contributed by atoms with Crippen LogP contribution in [0.5, 0.6) is 0 Å². The van der Waals surface area contributed by atoms with E-state index in [1.165, 1.54) is 36.1 Å². The Morgan fingerprint density at radius 3 is 2.25 bits per heavy atom. The Balaban J connectivity index is 1.84. The number of likely N-dealkylation sites (tertiary alicyclic amines) is 1. The standard InChI is InChI=1S/C17H26N2O/c1-14(2)15-7-9-16(10-8-15)18-17(20)13-19-11-5-3-4-6-12-19/h7-10,14H,3-6,11-13H2,1-2H3,(H,18,20)/p+1. The van der Waals surface area contributed by atoms with E-state index >= 15 is 0 Å². The fourth-order valence-electron chi connectivity index (χ4n) is 2.79. The highest BCUT2D eigenvalue weighted by atomic mass is 16.2. The van der Waals surface area contributed by atoms with Crippen molar-refractivity contribution in [3.63, 3.8) is 0 Å². The number of anilines is 1. The molecule has 1 saturated heterocycles. The second-order valence-electron chi connectivity index (χ2n) is 6.17. The van der Waals surface area contributed by atoms with Crippen LogP contribution in [0.2, 0.25) is 0 Å². The minimum atomic E-state index is 0.138. The van der Waals surface area contributed by atoms with Gasteiger partial charge in [-0.05, 0) is 49.3 Å². The molecule has 1 fully saturated rings. The molecule has 1 amide bonds. The van der Waals surface area contributed by atoms with Gasteiger partial charge in [-0.25, -0.2) is 0 Å². The van der Waals surface area contributed by atoms with Crippen molar-refractivity contribution in [2.45, 2.75) is 45.4 Å². The summed E-state index contributed by atoms with van der Waals surface area (Å²) < 4.78 is 0. The summed E-state index contributed by atoms with van der Waals surface area (Å²) in [6.45, 7) is 7.23. The van der Waals surface area contributed by atoms with Crippen molar-refractivity contribution in [1.29, 1.82) is 0 Å². The number of benzene rings is 1.